The second-order valence-electron chi connectivity index (χ2n) is 5.38. The molecule has 0 bridgehead atoms. The van der Waals surface area contributed by atoms with Crippen molar-refractivity contribution in [2.45, 2.75) is 13.0 Å². The summed E-state index contributed by atoms with van der Waals surface area (Å²) in [4.78, 5) is 19.4. The van der Waals surface area contributed by atoms with E-state index < -0.39 is 0 Å². The predicted molar refractivity (Wildman–Crippen MR) is 88.5 cm³/mol. The number of aromatic nitrogens is 4. The summed E-state index contributed by atoms with van der Waals surface area (Å²) < 4.78 is 0. The van der Waals surface area contributed by atoms with E-state index in [9.17, 15) is 0 Å². The molecule has 23 heavy (non-hydrogen) atoms. The topological polar surface area (TPSA) is 66.8 Å². The maximum Gasteiger partial charge on any atom is 0.231 e. The molecule has 2 aromatic heterocycles. The smallest absolute Gasteiger partial charge is 0.231 e. The lowest BCUT2D eigenvalue weighted by Crippen LogP contribution is -2.31. The highest BCUT2D eigenvalue weighted by molar-refractivity contribution is 5.49. The summed E-state index contributed by atoms with van der Waals surface area (Å²) in [6.45, 7) is 1.82. The van der Waals surface area contributed by atoms with Gasteiger partial charge in [-0.25, -0.2) is 15.0 Å². The first kappa shape index (κ1) is 13.6. The van der Waals surface area contributed by atoms with Crippen LogP contribution in [0.3, 0.4) is 0 Å². The van der Waals surface area contributed by atoms with E-state index in [1.165, 1.54) is 11.1 Å². The molecule has 0 amide bonds. The minimum Gasteiger partial charge on any atom is -0.352 e. The van der Waals surface area contributed by atoms with Crippen LogP contribution >= 0.6 is 0 Å². The first-order valence-corrected chi connectivity index (χ1v) is 7.57. The minimum absolute atomic E-state index is 0.494. The number of anilines is 3. The van der Waals surface area contributed by atoms with Crippen molar-refractivity contribution in [3.8, 4) is 0 Å². The van der Waals surface area contributed by atoms with Gasteiger partial charge in [0, 0.05) is 31.7 Å². The van der Waals surface area contributed by atoms with Crippen LogP contribution in [0.15, 0.2) is 55.0 Å². The SMILES string of the molecule is c1cnc(Nc2nccc(N3CCc4ccccc4C3)n2)nc1. The molecule has 0 fully saturated rings. The van der Waals surface area contributed by atoms with Gasteiger partial charge in [0.25, 0.3) is 0 Å². The van der Waals surface area contributed by atoms with Crippen molar-refractivity contribution in [1.82, 2.24) is 19.9 Å². The molecule has 0 radical (unpaired) electrons. The summed E-state index contributed by atoms with van der Waals surface area (Å²) in [7, 11) is 0. The molecule has 1 aliphatic rings. The lowest BCUT2D eigenvalue weighted by atomic mass is 10.00. The molecule has 4 rings (SSSR count). The summed E-state index contributed by atoms with van der Waals surface area (Å²) in [6, 6.07) is 12.3. The van der Waals surface area contributed by atoms with E-state index in [0.717, 1.165) is 25.3 Å². The van der Waals surface area contributed by atoms with E-state index in [0.29, 0.717) is 11.9 Å². The Morgan fingerprint density at radius 1 is 0.826 bits per heavy atom. The van der Waals surface area contributed by atoms with Gasteiger partial charge in [0.2, 0.25) is 11.9 Å². The second kappa shape index (κ2) is 6.00. The van der Waals surface area contributed by atoms with Crippen LogP contribution < -0.4 is 10.2 Å². The van der Waals surface area contributed by atoms with Crippen molar-refractivity contribution in [3.05, 3.63) is 66.1 Å². The Morgan fingerprint density at radius 2 is 1.61 bits per heavy atom. The average molecular weight is 304 g/mol. The summed E-state index contributed by atoms with van der Waals surface area (Å²) in [5.74, 6) is 1.91. The highest BCUT2D eigenvalue weighted by atomic mass is 15.2. The molecule has 0 saturated carbocycles. The average Bonchev–Trinajstić information content (AvgIpc) is 2.62. The van der Waals surface area contributed by atoms with Crippen molar-refractivity contribution in [2.24, 2.45) is 0 Å². The number of hydrogen-bond acceptors (Lipinski definition) is 6. The van der Waals surface area contributed by atoms with Crippen molar-refractivity contribution in [1.29, 1.82) is 0 Å². The molecule has 114 valence electrons. The molecule has 1 aromatic carbocycles. The largest absolute Gasteiger partial charge is 0.352 e. The van der Waals surface area contributed by atoms with Gasteiger partial charge in [-0.05, 0) is 29.7 Å². The van der Waals surface area contributed by atoms with Crippen LogP contribution in [0, 0.1) is 0 Å². The molecule has 0 atom stereocenters. The molecule has 6 nitrogen and oxygen atoms in total. The fourth-order valence-electron chi connectivity index (χ4n) is 2.74. The number of nitrogens with one attached hydrogen (secondary N) is 1. The summed E-state index contributed by atoms with van der Waals surface area (Å²) in [6.07, 6.45) is 6.15. The summed E-state index contributed by atoms with van der Waals surface area (Å²) >= 11 is 0. The first-order valence-electron chi connectivity index (χ1n) is 7.57. The fourth-order valence-corrected chi connectivity index (χ4v) is 2.74. The number of benzene rings is 1. The number of hydrogen-bond donors (Lipinski definition) is 1. The molecule has 0 unspecified atom stereocenters. The zero-order chi connectivity index (χ0) is 15.5. The van der Waals surface area contributed by atoms with Crippen LogP contribution in [0.5, 0.6) is 0 Å². The van der Waals surface area contributed by atoms with Crippen LogP contribution in [0.2, 0.25) is 0 Å². The van der Waals surface area contributed by atoms with Crippen LogP contribution in [0.4, 0.5) is 17.7 Å². The van der Waals surface area contributed by atoms with E-state index in [-0.39, 0.29) is 0 Å². The summed E-state index contributed by atoms with van der Waals surface area (Å²) in [5, 5.41) is 3.03. The molecule has 1 N–H and O–H groups in total. The van der Waals surface area contributed by atoms with Gasteiger partial charge in [0.1, 0.15) is 5.82 Å². The van der Waals surface area contributed by atoms with Crippen molar-refractivity contribution in [3.63, 3.8) is 0 Å². The molecule has 0 spiro atoms. The minimum atomic E-state index is 0.494. The quantitative estimate of drug-likeness (QED) is 0.802. The maximum atomic E-state index is 4.59. The van der Waals surface area contributed by atoms with E-state index >= 15 is 0 Å². The van der Waals surface area contributed by atoms with E-state index in [4.69, 9.17) is 0 Å². The van der Waals surface area contributed by atoms with Crippen LogP contribution in [-0.4, -0.2) is 26.5 Å². The molecule has 3 aromatic rings. The van der Waals surface area contributed by atoms with Gasteiger partial charge >= 0.3 is 0 Å². The van der Waals surface area contributed by atoms with E-state index in [2.05, 4.69) is 54.4 Å². The Hall–Kier alpha value is -3.02. The number of nitrogens with zero attached hydrogens (tertiary/aromatic N) is 5. The maximum absolute atomic E-state index is 4.59. The molecule has 3 heterocycles. The third-order valence-corrected chi connectivity index (χ3v) is 3.88. The molecule has 1 aliphatic heterocycles. The normalized spacial score (nSPS) is 13.5. The van der Waals surface area contributed by atoms with Gasteiger partial charge in [-0.2, -0.15) is 4.98 Å². The Morgan fingerprint density at radius 3 is 2.48 bits per heavy atom. The van der Waals surface area contributed by atoms with Gasteiger partial charge in [-0.15, -0.1) is 0 Å². The lowest BCUT2D eigenvalue weighted by molar-refractivity contribution is 0.720. The Labute approximate surface area is 134 Å². The second-order valence-corrected chi connectivity index (χ2v) is 5.38. The van der Waals surface area contributed by atoms with E-state index in [1.807, 2.05) is 6.07 Å². The monoisotopic (exact) mass is 304 g/mol. The molecule has 0 aliphatic carbocycles. The van der Waals surface area contributed by atoms with Crippen molar-refractivity contribution < 1.29 is 0 Å². The zero-order valence-electron chi connectivity index (χ0n) is 12.6. The van der Waals surface area contributed by atoms with Crippen molar-refractivity contribution in [2.75, 3.05) is 16.8 Å². The highest BCUT2D eigenvalue weighted by Crippen LogP contribution is 2.23. The standard InChI is InChI=1S/C17H16N6/c1-2-5-14-12-23(11-7-13(14)4-1)15-6-10-20-17(21-15)22-16-18-8-3-9-19-16/h1-6,8-10H,7,11-12H2,(H,18,19,20,21,22). The first-order chi connectivity index (χ1) is 11.4. The number of fused-ring (bicyclic) bond motifs is 1. The lowest BCUT2D eigenvalue weighted by Gasteiger charge is -2.29. The Kier molecular flexibility index (Phi) is 3.56. The molecular weight excluding hydrogens is 288 g/mol. The van der Waals surface area contributed by atoms with Gasteiger partial charge in [0.15, 0.2) is 0 Å². The van der Waals surface area contributed by atoms with Crippen LogP contribution in [0.1, 0.15) is 11.1 Å². The molecule has 0 saturated heterocycles. The van der Waals surface area contributed by atoms with Gasteiger partial charge < -0.3 is 4.90 Å². The van der Waals surface area contributed by atoms with Gasteiger partial charge in [0.05, 0.1) is 0 Å². The third kappa shape index (κ3) is 2.96. The molecule has 6 heteroatoms. The third-order valence-electron chi connectivity index (χ3n) is 3.88. The van der Waals surface area contributed by atoms with Gasteiger partial charge in [-0.3, -0.25) is 5.32 Å². The van der Waals surface area contributed by atoms with E-state index in [1.54, 1.807) is 24.7 Å². The molecular formula is C17H16N6. The van der Waals surface area contributed by atoms with Crippen LogP contribution in [-0.2, 0) is 13.0 Å². The summed E-state index contributed by atoms with van der Waals surface area (Å²) in [5.41, 5.74) is 2.78. The number of rotatable bonds is 3. The van der Waals surface area contributed by atoms with Gasteiger partial charge in [-0.1, -0.05) is 24.3 Å². The Bertz CT molecular complexity index is 805. The van der Waals surface area contributed by atoms with Crippen LogP contribution in [0.25, 0.3) is 0 Å². The predicted octanol–water partition coefficient (Wildman–Crippen LogP) is 2.57. The van der Waals surface area contributed by atoms with Crippen molar-refractivity contribution >= 4 is 17.7 Å². The Balaban J connectivity index is 1.55. The highest BCUT2D eigenvalue weighted by Gasteiger charge is 2.17. The zero-order valence-corrected chi connectivity index (χ0v) is 12.6. The fraction of sp³-hybridized carbons (Fsp3) is 0.176.